The summed E-state index contributed by atoms with van der Waals surface area (Å²) in [5.41, 5.74) is -0.0142. The van der Waals surface area contributed by atoms with Gasteiger partial charge in [-0.25, -0.2) is 0 Å². The number of rotatable bonds is 3. The van der Waals surface area contributed by atoms with Crippen molar-refractivity contribution in [3.63, 3.8) is 0 Å². The van der Waals surface area contributed by atoms with Crippen molar-refractivity contribution in [1.29, 1.82) is 0 Å². The molecule has 2 aliphatic heterocycles. The highest BCUT2D eigenvalue weighted by molar-refractivity contribution is 5.15. The quantitative estimate of drug-likeness (QED) is 0.836. The molecule has 0 radical (unpaired) electrons. The van der Waals surface area contributed by atoms with Crippen LogP contribution < -0.4 is 0 Å². The molecule has 3 nitrogen and oxygen atoms in total. The molecule has 2 fully saturated rings. The molecule has 0 spiro atoms. The second-order valence-electron chi connectivity index (χ2n) is 6.00. The Kier molecular flexibility index (Phi) is 3.62. The van der Waals surface area contributed by atoms with E-state index in [0.29, 0.717) is 0 Å². The Morgan fingerprint density at radius 3 is 2.44 bits per heavy atom. The van der Waals surface area contributed by atoms with Gasteiger partial charge in [0.15, 0.2) is 0 Å². The molecule has 0 amide bonds. The Hall–Kier alpha value is -0.540. The minimum absolute atomic E-state index is 0.0142. The second-order valence-corrected chi connectivity index (χ2v) is 6.00. The number of aliphatic hydroxyl groups is 1. The van der Waals surface area contributed by atoms with Crippen LogP contribution in [0, 0.1) is 0 Å². The molecule has 1 saturated heterocycles. The molecule has 0 bridgehead atoms. The van der Waals surface area contributed by atoms with E-state index in [1.165, 1.54) is 25.7 Å². The summed E-state index contributed by atoms with van der Waals surface area (Å²) in [5, 5.41) is 10.8. The number of hydrogen-bond acceptors (Lipinski definition) is 3. The third-order valence-corrected chi connectivity index (χ3v) is 4.95. The van der Waals surface area contributed by atoms with Gasteiger partial charge in [-0.1, -0.05) is 12.8 Å². The Morgan fingerprint density at radius 2 is 1.83 bits per heavy atom. The molecule has 1 aliphatic carbocycles. The van der Waals surface area contributed by atoms with E-state index < -0.39 is 6.10 Å². The normalized spacial score (nSPS) is 29.9. The van der Waals surface area contributed by atoms with Gasteiger partial charge in [0.1, 0.15) is 11.9 Å². The molecule has 0 aromatic heterocycles. The lowest BCUT2D eigenvalue weighted by Gasteiger charge is -2.43. The van der Waals surface area contributed by atoms with Crippen LogP contribution in [0.2, 0.25) is 0 Å². The highest BCUT2D eigenvalue weighted by Gasteiger charge is 2.48. The van der Waals surface area contributed by atoms with Crippen LogP contribution in [0.15, 0.2) is 11.8 Å². The first-order valence-electron chi connectivity index (χ1n) is 7.59. The molecule has 0 aromatic rings. The number of likely N-dealkylation sites (tertiary alicyclic amines) is 1. The summed E-state index contributed by atoms with van der Waals surface area (Å²) in [7, 11) is 0. The summed E-state index contributed by atoms with van der Waals surface area (Å²) in [6.07, 6.45) is 11.2. The lowest BCUT2D eigenvalue weighted by atomic mass is 9.86. The Bertz CT molecular complexity index is 314. The first-order chi connectivity index (χ1) is 8.83. The van der Waals surface area contributed by atoms with E-state index in [1.807, 2.05) is 0 Å². The van der Waals surface area contributed by atoms with E-state index in [2.05, 4.69) is 11.0 Å². The Balaban J connectivity index is 1.81. The standard InChI is InChI=1S/C15H25NO2/c17-14(13-7-1-6-12-18-13)15(8-2-3-9-15)16-10-4-5-11-16/h7,14,17H,1-6,8-12H2. The molecule has 3 rings (SSSR count). The summed E-state index contributed by atoms with van der Waals surface area (Å²) in [4.78, 5) is 2.55. The molecule has 1 atom stereocenters. The van der Waals surface area contributed by atoms with Crippen LogP contribution in [0.5, 0.6) is 0 Å². The van der Waals surface area contributed by atoms with Gasteiger partial charge in [0.25, 0.3) is 0 Å². The zero-order chi connectivity index (χ0) is 12.4. The minimum Gasteiger partial charge on any atom is -0.495 e. The van der Waals surface area contributed by atoms with Crippen molar-refractivity contribution < 1.29 is 9.84 Å². The smallest absolute Gasteiger partial charge is 0.129 e. The predicted molar refractivity (Wildman–Crippen MR) is 71.3 cm³/mol. The van der Waals surface area contributed by atoms with Crippen LogP contribution in [-0.2, 0) is 4.74 Å². The van der Waals surface area contributed by atoms with Crippen LogP contribution in [0.4, 0.5) is 0 Å². The maximum atomic E-state index is 10.8. The maximum Gasteiger partial charge on any atom is 0.129 e. The van der Waals surface area contributed by atoms with Crippen molar-refractivity contribution in [2.45, 2.75) is 63.0 Å². The molecule has 2 heterocycles. The second kappa shape index (κ2) is 5.22. The summed E-state index contributed by atoms with van der Waals surface area (Å²) in [5.74, 6) is 0.857. The average Bonchev–Trinajstić information content (AvgIpc) is 3.10. The summed E-state index contributed by atoms with van der Waals surface area (Å²) in [6, 6.07) is 0. The van der Waals surface area contributed by atoms with Gasteiger partial charge < -0.3 is 9.84 Å². The highest BCUT2D eigenvalue weighted by atomic mass is 16.5. The average molecular weight is 251 g/mol. The van der Waals surface area contributed by atoms with Gasteiger partial charge in [-0.2, -0.15) is 0 Å². The fraction of sp³-hybridized carbons (Fsp3) is 0.867. The van der Waals surface area contributed by atoms with Gasteiger partial charge >= 0.3 is 0 Å². The van der Waals surface area contributed by atoms with Gasteiger partial charge in [0, 0.05) is 0 Å². The minimum atomic E-state index is -0.404. The molecule has 1 unspecified atom stereocenters. The monoisotopic (exact) mass is 251 g/mol. The summed E-state index contributed by atoms with van der Waals surface area (Å²) < 4.78 is 5.72. The van der Waals surface area contributed by atoms with E-state index in [1.54, 1.807) is 0 Å². The largest absolute Gasteiger partial charge is 0.495 e. The molecule has 3 heteroatoms. The van der Waals surface area contributed by atoms with E-state index in [4.69, 9.17) is 4.74 Å². The summed E-state index contributed by atoms with van der Waals surface area (Å²) >= 11 is 0. The van der Waals surface area contributed by atoms with Crippen LogP contribution in [-0.4, -0.2) is 41.3 Å². The van der Waals surface area contributed by atoms with Crippen LogP contribution >= 0.6 is 0 Å². The Morgan fingerprint density at radius 1 is 1.11 bits per heavy atom. The maximum absolute atomic E-state index is 10.8. The van der Waals surface area contributed by atoms with E-state index in [-0.39, 0.29) is 5.54 Å². The molecular formula is C15H25NO2. The van der Waals surface area contributed by atoms with Crippen LogP contribution in [0.25, 0.3) is 0 Å². The molecule has 18 heavy (non-hydrogen) atoms. The van der Waals surface area contributed by atoms with Crippen molar-refractivity contribution in [1.82, 2.24) is 4.90 Å². The van der Waals surface area contributed by atoms with Gasteiger partial charge in [-0.15, -0.1) is 0 Å². The number of allylic oxidation sites excluding steroid dienone is 1. The molecule has 1 saturated carbocycles. The van der Waals surface area contributed by atoms with Crippen LogP contribution in [0.1, 0.15) is 51.4 Å². The molecule has 102 valence electrons. The first-order valence-corrected chi connectivity index (χ1v) is 7.59. The van der Waals surface area contributed by atoms with Crippen molar-refractivity contribution in [2.24, 2.45) is 0 Å². The number of ether oxygens (including phenoxy) is 1. The highest BCUT2D eigenvalue weighted by Crippen LogP contribution is 2.42. The van der Waals surface area contributed by atoms with Crippen molar-refractivity contribution in [3.05, 3.63) is 11.8 Å². The SMILES string of the molecule is OC(C1=CCCCO1)C1(N2CCCC2)CCCC1. The number of aliphatic hydroxyl groups excluding tert-OH is 1. The van der Waals surface area contributed by atoms with Gasteiger partial charge in [0.2, 0.25) is 0 Å². The molecule has 3 aliphatic rings. The van der Waals surface area contributed by atoms with E-state index in [0.717, 1.165) is 51.1 Å². The predicted octanol–water partition coefficient (Wildman–Crippen LogP) is 2.45. The van der Waals surface area contributed by atoms with Crippen molar-refractivity contribution in [2.75, 3.05) is 19.7 Å². The van der Waals surface area contributed by atoms with Gasteiger partial charge in [-0.05, 0) is 57.7 Å². The Labute approximate surface area is 110 Å². The summed E-state index contributed by atoms with van der Waals surface area (Å²) in [6.45, 7) is 3.09. The molecule has 1 N–H and O–H groups in total. The van der Waals surface area contributed by atoms with Gasteiger partial charge in [-0.3, -0.25) is 4.90 Å². The third-order valence-electron chi connectivity index (χ3n) is 4.95. The number of hydrogen-bond donors (Lipinski definition) is 1. The molecular weight excluding hydrogens is 226 g/mol. The number of nitrogens with zero attached hydrogens (tertiary/aromatic N) is 1. The zero-order valence-corrected chi connectivity index (χ0v) is 11.2. The fourth-order valence-corrected chi connectivity index (χ4v) is 3.94. The van der Waals surface area contributed by atoms with Crippen molar-refractivity contribution in [3.8, 4) is 0 Å². The lowest BCUT2D eigenvalue weighted by Crippen LogP contribution is -2.55. The first kappa shape index (κ1) is 12.5. The van der Waals surface area contributed by atoms with Crippen molar-refractivity contribution >= 4 is 0 Å². The zero-order valence-electron chi connectivity index (χ0n) is 11.2. The van der Waals surface area contributed by atoms with Crippen LogP contribution in [0.3, 0.4) is 0 Å². The lowest BCUT2D eigenvalue weighted by molar-refractivity contribution is -0.0315. The topological polar surface area (TPSA) is 32.7 Å². The molecule has 0 aromatic carbocycles. The van der Waals surface area contributed by atoms with Gasteiger partial charge in [0.05, 0.1) is 12.1 Å². The fourth-order valence-electron chi connectivity index (χ4n) is 3.94. The van der Waals surface area contributed by atoms with E-state index in [9.17, 15) is 5.11 Å². The van der Waals surface area contributed by atoms with E-state index >= 15 is 0 Å². The third kappa shape index (κ3) is 2.08.